The van der Waals surface area contributed by atoms with Crippen LogP contribution < -0.4 is 0 Å². The zero-order chi connectivity index (χ0) is 24.7. The highest BCUT2D eigenvalue weighted by Crippen LogP contribution is 2.25. The van der Waals surface area contributed by atoms with Crippen LogP contribution in [0.4, 0.5) is 0 Å². The molecule has 3 aliphatic heterocycles. The summed E-state index contributed by atoms with van der Waals surface area (Å²) in [5, 5.41) is 19.3. The number of ether oxygens (including phenoxy) is 1. The van der Waals surface area contributed by atoms with E-state index in [1.807, 2.05) is 21.0 Å². The number of piperidine rings is 1. The van der Waals surface area contributed by atoms with E-state index in [1.54, 1.807) is 0 Å². The van der Waals surface area contributed by atoms with Crippen LogP contribution in [-0.4, -0.2) is 106 Å². The van der Waals surface area contributed by atoms with E-state index in [0.717, 1.165) is 52.0 Å². The number of likely N-dealkylation sites (tertiary alicyclic amines) is 3. The molecule has 0 saturated carbocycles. The molecule has 192 valence electrons. The van der Waals surface area contributed by atoms with Crippen LogP contribution >= 0.6 is 0 Å². The third-order valence-corrected chi connectivity index (χ3v) is 7.33. The summed E-state index contributed by atoms with van der Waals surface area (Å²) in [5.74, 6) is 0. The molecule has 0 bridgehead atoms. The van der Waals surface area contributed by atoms with Crippen LogP contribution in [0.1, 0.15) is 88.0 Å². The third-order valence-electron chi connectivity index (χ3n) is 7.33. The summed E-state index contributed by atoms with van der Waals surface area (Å²) in [4.78, 5) is 7.10. The molecule has 3 fully saturated rings. The molecule has 0 radical (unpaired) electrons. The van der Waals surface area contributed by atoms with Crippen molar-refractivity contribution in [2.75, 3.05) is 46.4 Å². The van der Waals surface area contributed by atoms with E-state index in [4.69, 9.17) is 4.74 Å². The summed E-state index contributed by atoms with van der Waals surface area (Å²) in [6.07, 6.45) is 4.17. The van der Waals surface area contributed by atoms with Crippen molar-refractivity contribution in [1.29, 1.82) is 0 Å². The molecule has 32 heavy (non-hydrogen) atoms. The van der Waals surface area contributed by atoms with Crippen molar-refractivity contribution in [2.24, 2.45) is 0 Å². The predicted molar refractivity (Wildman–Crippen MR) is 135 cm³/mol. The number of hydrogen-bond donors (Lipinski definition) is 2. The first-order valence-corrected chi connectivity index (χ1v) is 12.8. The van der Waals surface area contributed by atoms with E-state index in [-0.39, 0.29) is 5.60 Å². The molecule has 6 heteroatoms. The number of nitrogens with zero attached hydrogens (tertiary/aromatic N) is 3. The predicted octanol–water partition coefficient (Wildman–Crippen LogP) is 3.60. The molecule has 2 N–H and O–H groups in total. The number of aliphatic hydroxyl groups is 2. The van der Waals surface area contributed by atoms with E-state index in [1.165, 1.54) is 13.0 Å². The van der Waals surface area contributed by atoms with Crippen molar-refractivity contribution in [3.8, 4) is 0 Å². The quantitative estimate of drug-likeness (QED) is 0.673. The second kappa shape index (κ2) is 12.5. The van der Waals surface area contributed by atoms with Gasteiger partial charge >= 0.3 is 0 Å². The summed E-state index contributed by atoms with van der Waals surface area (Å²) >= 11 is 0. The van der Waals surface area contributed by atoms with Gasteiger partial charge in [0.05, 0.1) is 16.8 Å². The molecule has 3 heterocycles. The Morgan fingerprint density at radius 3 is 1.31 bits per heavy atom. The molecule has 0 aromatic rings. The largest absolute Gasteiger partial charge is 0.389 e. The lowest BCUT2D eigenvalue weighted by Crippen LogP contribution is -2.48. The van der Waals surface area contributed by atoms with Crippen molar-refractivity contribution >= 4 is 0 Å². The average molecular weight is 458 g/mol. The highest BCUT2D eigenvalue weighted by Gasteiger charge is 2.34. The molecule has 3 aliphatic rings. The summed E-state index contributed by atoms with van der Waals surface area (Å²) in [7, 11) is 1.81. The maximum absolute atomic E-state index is 9.75. The van der Waals surface area contributed by atoms with E-state index >= 15 is 0 Å². The SMILES string of the molecule is CC(C)N1CCC[C@](C)(O)C1.CC(C)N1CC[C@@](C)(O)C1.CO[C@]1(C)CCN(C(C)C)C1. The summed E-state index contributed by atoms with van der Waals surface area (Å²) in [5.41, 5.74) is -0.753. The number of β-amino-alcohol motifs (C(OH)–C–C–N with tert-alkyl or cyclic N) is 2. The molecule has 3 rings (SSSR count). The van der Waals surface area contributed by atoms with Gasteiger partial charge < -0.3 is 14.9 Å². The summed E-state index contributed by atoms with van der Waals surface area (Å²) in [6, 6.07) is 1.81. The second-order valence-electron chi connectivity index (χ2n) is 11.9. The number of hydrogen-bond acceptors (Lipinski definition) is 6. The van der Waals surface area contributed by atoms with Crippen molar-refractivity contribution in [1.82, 2.24) is 14.7 Å². The van der Waals surface area contributed by atoms with E-state index < -0.39 is 11.2 Å². The smallest absolute Gasteiger partial charge is 0.0789 e. The molecule has 3 saturated heterocycles. The van der Waals surface area contributed by atoms with Gasteiger partial charge in [0, 0.05) is 58.0 Å². The minimum Gasteiger partial charge on any atom is -0.389 e. The number of methoxy groups -OCH3 is 1. The first-order chi connectivity index (χ1) is 14.6. The van der Waals surface area contributed by atoms with Crippen LogP contribution in [0, 0.1) is 0 Å². The zero-order valence-corrected chi connectivity index (χ0v) is 22.9. The third kappa shape index (κ3) is 10.4. The average Bonchev–Trinajstić information content (AvgIpc) is 3.25. The van der Waals surface area contributed by atoms with Gasteiger partial charge in [0.2, 0.25) is 0 Å². The Balaban J connectivity index is 0.000000240. The molecule has 6 nitrogen and oxygen atoms in total. The van der Waals surface area contributed by atoms with E-state index in [9.17, 15) is 10.2 Å². The van der Waals surface area contributed by atoms with Crippen LogP contribution in [0.5, 0.6) is 0 Å². The van der Waals surface area contributed by atoms with Crippen LogP contribution in [0.15, 0.2) is 0 Å². The van der Waals surface area contributed by atoms with E-state index in [0.29, 0.717) is 18.1 Å². The standard InChI is InChI=1S/2C9H19NO.C8H17NO/c1-8(2)10-6-5-9(3,7-10)11-4;1-8(2)10-6-4-5-9(3,11)7-10;1-7(2)9-5-4-8(3,10)6-9/h8H,5-7H2,1-4H3;8,11H,4-7H2,1-3H3;7,10H,4-6H2,1-3H3/t2*9-;8-/m101/s1. The minimum atomic E-state index is -0.442. The van der Waals surface area contributed by atoms with Crippen LogP contribution in [0.2, 0.25) is 0 Å². The topological polar surface area (TPSA) is 59.4 Å². The molecule has 0 unspecified atom stereocenters. The Morgan fingerprint density at radius 2 is 1.03 bits per heavy atom. The Morgan fingerprint density at radius 1 is 0.625 bits per heavy atom. The van der Waals surface area contributed by atoms with Crippen molar-refractivity contribution in [3.05, 3.63) is 0 Å². The van der Waals surface area contributed by atoms with Gasteiger partial charge in [-0.3, -0.25) is 14.7 Å². The van der Waals surface area contributed by atoms with Gasteiger partial charge in [-0.05, 0) is 94.5 Å². The minimum absolute atomic E-state index is 0.115. The lowest BCUT2D eigenvalue weighted by Gasteiger charge is -2.39. The van der Waals surface area contributed by atoms with Gasteiger partial charge in [-0.25, -0.2) is 0 Å². The Kier molecular flexibility index (Phi) is 11.6. The van der Waals surface area contributed by atoms with Gasteiger partial charge in [-0.15, -0.1) is 0 Å². The van der Waals surface area contributed by atoms with E-state index in [2.05, 4.69) is 63.2 Å². The fraction of sp³-hybridized carbons (Fsp3) is 1.00. The second-order valence-corrected chi connectivity index (χ2v) is 11.9. The first-order valence-electron chi connectivity index (χ1n) is 12.8. The van der Waals surface area contributed by atoms with Crippen molar-refractivity contribution < 1.29 is 14.9 Å². The Labute approximate surface area is 199 Å². The van der Waals surface area contributed by atoms with Gasteiger partial charge in [0.1, 0.15) is 0 Å². The normalized spacial score (nSPS) is 34.6. The molecule has 0 spiro atoms. The first kappa shape index (κ1) is 29.8. The van der Waals surface area contributed by atoms with Gasteiger partial charge in [-0.1, -0.05) is 0 Å². The van der Waals surface area contributed by atoms with Crippen LogP contribution in [-0.2, 0) is 4.74 Å². The lowest BCUT2D eigenvalue weighted by molar-refractivity contribution is -0.0252. The summed E-state index contributed by atoms with van der Waals surface area (Å²) in [6.45, 7) is 25.3. The fourth-order valence-electron chi connectivity index (χ4n) is 4.70. The number of rotatable bonds is 4. The summed E-state index contributed by atoms with van der Waals surface area (Å²) < 4.78 is 5.44. The van der Waals surface area contributed by atoms with Gasteiger partial charge in [0.15, 0.2) is 0 Å². The lowest BCUT2D eigenvalue weighted by atomic mass is 9.94. The van der Waals surface area contributed by atoms with Crippen LogP contribution in [0.3, 0.4) is 0 Å². The van der Waals surface area contributed by atoms with Crippen molar-refractivity contribution in [3.63, 3.8) is 0 Å². The maximum atomic E-state index is 9.75. The van der Waals surface area contributed by atoms with Crippen molar-refractivity contribution in [2.45, 2.75) is 123 Å². The monoisotopic (exact) mass is 457 g/mol. The Hall–Kier alpha value is -0.240. The molecule has 0 aliphatic carbocycles. The molecule has 0 aromatic heterocycles. The van der Waals surface area contributed by atoms with Gasteiger partial charge in [0.25, 0.3) is 0 Å². The molecule has 0 aromatic carbocycles. The highest BCUT2D eigenvalue weighted by atomic mass is 16.5. The molecular formula is C26H55N3O3. The fourth-order valence-corrected chi connectivity index (χ4v) is 4.70. The van der Waals surface area contributed by atoms with Crippen LogP contribution in [0.25, 0.3) is 0 Å². The zero-order valence-electron chi connectivity index (χ0n) is 22.9. The maximum Gasteiger partial charge on any atom is 0.0789 e. The molecule has 3 atom stereocenters. The highest BCUT2D eigenvalue weighted by molar-refractivity contribution is 4.89. The van der Waals surface area contributed by atoms with Gasteiger partial charge in [-0.2, -0.15) is 0 Å². The Bertz CT molecular complexity index is 536. The molecular weight excluding hydrogens is 402 g/mol. The molecule has 0 amide bonds.